The van der Waals surface area contributed by atoms with Crippen LogP contribution in [0.5, 0.6) is 11.5 Å². The van der Waals surface area contributed by atoms with Crippen molar-refractivity contribution in [3.63, 3.8) is 0 Å². The minimum absolute atomic E-state index is 0.327. The Labute approximate surface area is 142 Å². The maximum absolute atomic E-state index is 11.8. The minimum atomic E-state index is -2.31. The number of aromatic hydroxyl groups is 2. The lowest BCUT2D eigenvalue weighted by Crippen LogP contribution is -2.57. The average Bonchev–Trinajstić information content (AvgIpc) is 2.53. The van der Waals surface area contributed by atoms with Crippen molar-refractivity contribution < 1.29 is 45.0 Å². The van der Waals surface area contributed by atoms with E-state index < -0.39 is 48.7 Å². The van der Waals surface area contributed by atoms with E-state index in [0.717, 1.165) is 6.08 Å². The number of phenols is 2. The highest BCUT2D eigenvalue weighted by molar-refractivity contribution is 5.87. The Hall–Kier alpha value is -2.62. The van der Waals surface area contributed by atoms with E-state index in [-0.39, 0.29) is 11.5 Å². The van der Waals surface area contributed by atoms with Gasteiger partial charge in [-0.15, -0.1) is 0 Å². The second-order valence-corrected chi connectivity index (χ2v) is 5.86. The molecule has 136 valence electrons. The largest absolute Gasteiger partial charge is 0.504 e. The number of carboxylic acids is 1. The zero-order valence-electron chi connectivity index (χ0n) is 12.9. The number of carbonyl (C=O) groups excluding carboxylic acids is 1. The first-order chi connectivity index (χ1) is 11.6. The summed E-state index contributed by atoms with van der Waals surface area (Å²) in [4.78, 5) is 22.9. The van der Waals surface area contributed by atoms with Gasteiger partial charge >= 0.3 is 11.9 Å². The molecular formula is C16H18O9. The molecule has 0 aliphatic heterocycles. The van der Waals surface area contributed by atoms with Gasteiger partial charge in [0.05, 0.1) is 6.10 Å². The summed E-state index contributed by atoms with van der Waals surface area (Å²) in [6, 6.07) is 3.83. The van der Waals surface area contributed by atoms with Gasteiger partial charge in [-0.2, -0.15) is 0 Å². The van der Waals surface area contributed by atoms with Gasteiger partial charge in [0.2, 0.25) is 0 Å². The molecule has 9 nitrogen and oxygen atoms in total. The van der Waals surface area contributed by atoms with Crippen molar-refractivity contribution in [2.75, 3.05) is 0 Å². The molecule has 25 heavy (non-hydrogen) atoms. The number of hydrogen-bond acceptors (Lipinski definition) is 8. The van der Waals surface area contributed by atoms with Crippen molar-refractivity contribution in [2.45, 2.75) is 36.8 Å². The molecule has 1 aromatic rings. The molecule has 0 radical (unpaired) electrons. The van der Waals surface area contributed by atoms with Gasteiger partial charge in [-0.3, -0.25) is 0 Å². The van der Waals surface area contributed by atoms with Gasteiger partial charge in [0.15, 0.2) is 17.1 Å². The first-order valence-corrected chi connectivity index (χ1v) is 7.35. The third-order valence-corrected chi connectivity index (χ3v) is 3.94. The van der Waals surface area contributed by atoms with Gasteiger partial charge in [-0.25, -0.2) is 9.59 Å². The van der Waals surface area contributed by atoms with E-state index >= 15 is 0 Å². The van der Waals surface area contributed by atoms with Crippen molar-refractivity contribution in [1.82, 2.24) is 0 Å². The Morgan fingerprint density at radius 3 is 2.44 bits per heavy atom. The van der Waals surface area contributed by atoms with Crippen LogP contribution in [0.2, 0.25) is 0 Å². The summed E-state index contributed by atoms with van der Waals surface area (Å²) in [6.45, 7) is 0. The molecule has 1 unspecified atom stereocenters. The van der Waals surface area contributed by atoms with Crippen LogP contribution in [-0.2, 0) is 14.3 Å². The number of aliphatic hydroxyl groups excluding tert-OH is 2. The van der Waals surface area contributed by atoms with E-state index in [9.17, 15) is 35.1 Å². The number of aliphatic hydroxyl groups is 3. The number of rotatable bonds is 4. The zero-order valence-corrected chi connectivity index (χ0v) is 12.9. The standard InChI is InChI=1S/C16H18O9/c17-9-3-1-8(5-10(9)18)2-4-13(20)25-12-7-16(24,15(22)23)6-11(19)14(12)21/h1-5,11-12,14,17-19,21,24H,6-7H2,(H,22,23)/t11?,12-,14-,16+/m1/s1. The molecule has 1 aliphatic rings. The number of phenolic OH excluding ortho intramolecular Hbond substituents is 2. The summed E-state index contributed by atoms with van der Waals surface area (Å²) < 4.78 is 4.92. The van der Waals surface area contributed by atoms with Gasteiger partial charge in [-0.05, 0) is 23.8 Å². The monoisotopic (exact) mass is 354 g/mol. The lowest BCUT2D eigenvalue weighted by Gasteiger charge is -2.39. The highest BCUT2D eigenvalue weighted by Gasteiger charge is 2.50. The van der Waals surface area contributed by atoms with Crippen LogP contribution < -0.4 is 0 Å². The maximum Gasteiger partial charge on any atom is 0.335 e. The fourth-order valence-corrected chi connectivity index (χ4v) is 2.53. The number of carboxylic acid groups (broad SMARTS) is 1. The molecule has 0 bridgehead atoms. The smallest absolute Gasteiger partial charge is 0.335 e. The van der Waals surface area contributed by atoms with E-state index in [1.54, 1.807) is 0 Å². The van der Waals surface area contributed by atoms with Gasteiger partial charge in [0.25, 0.3) is 0 Å². The minimum Gasteiger partial charge on any atom is -0.504 e. The Morgan fingerprint density at radius 1 is 1.16 bits per heavy atom. The maximum atomic E-state index is 11.8. The molecule has 0 aromatic heterocycles. The molecule has 4 atom stereocenters. The van der Waals surface area contributed by atoms with Crippen molar-refractivity contribution in [1.29, 1.82) is 0 Å². The molecule has 1 aliphatic carbocycles. The van der Waals surface area contributed by atoms with Gasteiger partial charge in [0, 0.05) is 18.9 Å². The molecule has 9 heteroatoms. The number of carbonyl (C=O) groups is 2. The summed E-state index contributed by atoms with van der Waals surface area (Å²) in [5, 5.41) is 57.0. The van der Waals surface area contributed by atoms with Crippen LogP contribution in [0.1, 0.15) is 18.4 Å². The van der Waals surface area contributed by atoms with Crippen LogP contribution in [0.3, 0.4) is 0 Å². The lowest BCUT2D eigenvalue weighted by molar-refractivity contribution is -0.196. The molecule has 1 fully saturated rings. The van der Waals surface area contributed by atoms with Crippen LogP contribution in [0.4, 0.5) is 0 Å². The molecular weight excluding hydrogens is 336 g/mol. The zero-order chi connectivity index (χ0) is 18.8. The van der Waals surface area contributed by atoms with E-state index in [4.69, 9.17) is 9.84 Å². The molecule has 0 spiro atoms. The summed E-state index contributed by atoms with van der Waals surface area (Å²) >= 11 is 0. The van der Waals surface area contributed by atoms with Gasteiger partial charge in [-0.1, -0.05) is 6.07 Å². The van der Waals surface area contributed by atoms with Gasteiger partial charge in [0.1, 0.15) is 12.2 Å². The van der Waals surface area contributed by atoms with Crippen LogP contribution in [0.25, 0.3) is 6.08 Å². The van der Waals surface area contributed by atoms with E-state index in [1.165, 1.54) is 24.3 Å². The van der Waals surface area contributed by atoms with Crippen molar-refractivity contribution in [3.05, 3.63) is 29.8 Å². The summed E-state index contributed by atoms with van der Waals surface area (Å²) in [5.74, 6) is -3.24. The fourth-order valence-electron chi connectivity index (χ4n) is 2.53. The average molecular weight is 354 g/mol. The van der Waals surface area contributed by atoms with Crippen LogP contribution in [0, 0.1) is 0 Å². The number of benzene rings is 1. The Morgan fingerprint density at radius 2 is 1.84 bits per heavy atom. The number of ether oxygens (including phenoxy) is 1. The molecule has 0 heterocycles. The third-order valence-electron chi connectivity index (χ3n) is 3.94. The van der Waals surface area contributed by atoms with Crippen LogP contribution >= 0.6 is 0 Å². The molecule has 1 aromatic carbocycles. The molecule has 1 saturated carbocycles. The summed E-state index contributed by atoms with van der Waals surface area (Å²) in [7, 11) is 0. The molecule has 0 amide bonds. The van der Waals surface area contributed by atoms with Crippen molar-refractivity contribution in [3.8, 4) is 11.5 Å². The topological polar surface area (TPSA) is 165 Å². The first-order valence-electron chi connectivity index (χ1n) is 7.35. The number of esters is 1. The molecule has 6 N–H and O–H groups in total. The SMILES string of the molecule is O=C(C=Cc1ccc(O)c(O)c1)O[C@@H]1C[C@](O)(C(=O)O)CC(O)[C@H]1O. The van der Waals surface area contributed by atoms with E-state index in [0.29, 0.717) is 5.56 Å². The van der Waals surface area contributed by atoms with Crippen molar-refractivity contribution in [2.24, 2.45) is 0 Å². The van der Waals surface area contributed by atoms with Gasteiger partial charge < -0.3 is 35.4 Å². The number of hydrogen-bond donors (Lipinski definition) is 6. The lowest BCUT2D eigenvalue weighted by atomic mass is 9.79. The quantitative estimate of drug-likeness (QED) is 0.234. The van der Waals surface area contributed by atoms with E-state index in [2.05, 4.69) is 0 Å². The van der Waals surface area contributed by atoms with Crippen LogP contribution in [-0.4, -0.2) is 66.5 Å². The second-order valence-electron chi connectivity index (χ2n) is 5.86. The van der Waals surface area contributed by atoms with Crippen molar-refractivity contribution >= 4 is 18.0 Å². The Kier molecular flexibility index (Phi) is 5.31. The second kappa shape index (κ2) is 7.09. The predicted molar refractivity (Wildman–Crippen MR) is 82.5 cm³/mol. The predicted octanol–water partition coefficient (Wildman–Crippen LogP) is -0.646. The third kappa shape index (κ3) is 4.27. The first kappa shape index (κ1) is 18.7. The normalized spacial score (nSPS) is 29.5. The van der Waals surface area contributed by atoms with Crippen LogP contribution in [0.15, 0.2) is 24.3 Å². The number of aliphatic carboxylic acids is 1. The Bertz CT molecular complexity index is 699. The fraction of sp³-hybridized carbons (Fsp3) is 0.375. The molecule has 2 rings (SSSR count). The highest BCUT2D eigenvalue weighted by Crippen LogP contribution is 2.31. The summed E-state index contributed by atoms with van der Waals surface area (Å²) in [5.41, 5.74) is -1.94. The Balaban J connectivity index is 2.06. The summed E-state index contributed by atoms with van der Waals surface area (Å²) in [6.07, 6.45) is -3.44. The van der Waals surface area contributed by atoms with E-state index in [1.807, 2.05) is 0 Å². The molecule has 0 saturated heterocycles. The highest BCUT2D eigenvalue weighted by atomic mass is 16.6.